The van der Waals surface area contributed by atoms with Crippen LogP contribution in [0.1, 0.15) is 18.4 Å². The van der Waals surface area contributed by atoms with Gasteiger partial charge in [0.2, 0.25) is 5.91 Å². The molecular formula is C14H17ClFNO2S. The topological polar surface area (TPSA) is 38.3 Å². The lowest BCUT2D eigenvalue weighted by Gasteiger charge is -2.10. The molecule has 0 saturated carbocycles. The molecule has 20 heavy (non-hydrogen) atoms. The molecule has 0 aliphatic carbocycles. The largest absolute Gasteiger partial charge is 0.376 e. The fraction of sp³-hybridized carbons (Fsp3) is 0.500. The van der Waals surface area contributed by atoms with Crippen LogP contribution in [-0.4, -0.2) is 30.9 Å². The fourth-order valence-corrected chi connectivity index (χ4v) is 2.98. The molecule has 1 atom stereocenters. The predicted molar refractivity (Wildman–Crippen MR) is 79.6 cm³/mol. The van der Waals surface area contributed by atoms with E-state index in [9.17, 15) is 9.18 Å². The average molecular weight is 318 g/mol. The van der Waals surface area contributed by atoms with E-state index in [1.54, 1.807) is 12.1 Å². The van der Waals surface area contributed by atoms with E-state index in [1.807, 2.05) is 0 Å². The van der Waals surface area contributed by atoms with Gasteiger partial charge in [0.15, 0.2) is 0 Å². The van der Waals surface area contributed by atoms with E-state index in [1.165, 1.54) is 17.8 Å². The molecule has 1 aliphatic heterocycles. The summed E-state index contributed by atoms with van der Waals surface area (Å²) >= 11 is 7.06. The molecule has 0 aromatic heterocycles. The summed E-state index contributed by atoms with van der Waals surface area (Å²) in [6, 6.07) is 4.59. The normalized spacial score (nSPS) is 18.2. The SMILES string of the molecule is O=C(CSCc1ccc(Cl)cc1F)NC[C@@H]1CCCO1. The minimum absolute atomic E-state index is 0.0418. The highest BCUT2D eigenvalue weighted by molar-refractivity contribution is 7.99. The molecule has 1 fully saturated rings. The summed E-state index contributed by atoms with van der Waals surface area (Å²) in [5, 5.41) is 3.22. The molecule has 110 valence electrons. The number of rotatable bonds is 6. The van der Waals surface area contributed by atoms with E-state index < -0.39 is 0 Å². The first-order valence-electron chi connectivity index (χ1n) is 6.55. The summed E-state index contributed by atoms with van der Waals surface area (Å²) in [5.41, 5.74) is 0.561. The Morgan fingerprint density at radius 3 is 3.10 bits per heavy atom. The number of halogens is 2. The third-order valence-electron chi connectivity index (χ3n) is 3.06. The van der Waals surface area contributed by atoms with Gasteiger partial charge in [0, 0.05) is 23.9 Å². The number of thioether (sulfide) groups is 1. The first-order chi connectivity index (χ1) is 9.65. The molecule has 1 amide bonds. The summed E-state index contributed by atoms with van der Waals surface area (Å²) in [5.74, 6) is 0.398. The van der Waals surface area contributed by atoms with E-state index >= 15 is 0 Å². The molecule has 1 saturated heterocycles. The summed E-state index contributed by atoms with van der Waals surface area (Å²) in [4.78, 5) is 11.6. The second-order valence-corrected chi connectivity index (χ2v) is 6.09. The highest BCUT2D eigenvalue weighted by Crippen LogP contribution is 2.19. The van der Waals surface area contributed by atoms with Gasteiger partial charge in [-0.3, -0.25) is 4.79 Å². The van der Waals surface area contributed by atoms with Crippen LogP contribution >= 0.6 is 23.4 Å². The van der Waals surface area contributed by atoms with Crippen LogP contribution in [0.25, 0.3) is 0 Å². The Morgan fingerprint density at radius 2 is 2.40 bits per heavy atom. The van der Waals surface area contributed by atoms with Crippen molar-refractivity contribution in [2.75, 3.05) is 18.9 Å². The molecule has 1 aromatic carbocycles. The second kappa shape index (κ2) is 7.86. The molecule has 1 aliphatic rings. The lowest BCUT2D eigenvalue weighted by molar-refractivity contribution is -0.119. The zero-order valence-corrected chi connectivity index (χ0v) is 12.6. The minimum atomic E-state index is -0.329. The minimum Gasteiger partial charge on any atom is -0.376 e. The van der Waals surface area contributed by atoms with Gasteiger partial charge in [-0.15, -0.1) is 11.8 Å². The number of hydrogen-bond donors (Lipinski definition) is 1. The number of ether oxygens (including phenoxy) is 1. The van der Waals surface area contributed by atoms with Crippen LogP contribution in [0.3, 0.4) is 0 Å². The first kappa shape index (κ1) is 15.6. The Bertz CT molecular complexity index is 466. The van der Waals surface area contributed by atoms with Gasteiger partial charge in [0.25, 0.3) is 0 Å². The molecule has 1 N–H and O–H groups in total. The van der Waals surface area contributed by atoms with Gasteiger partial charge in [-0.2, -0.15) is 0 Å². The van der Waals surface area contributed by atoms with Gasteiger partial charge in [-0.05, 0) is 30.5 Å². The summed E-state index contributed by atoms with van der Waals surface area (Å²) < 4.78 is 18.9. The van der Waals surface area contributed by atoms with E-state index in [4.69, 9.17) is 16.3 Å². The van der Waals surface area contributed by atoms with Crippen molar-refractivity contribution in [2.45, 2.75) is 24.7 Å². The summed E-state index contributed by atoms with van der Waals surface area (Å²) in [7, 11) is 0. The van der Waals surface area contributed by atoms with Crippen LogP contribution < -0.4 is 5.32 Å². The Kier molecular flexibility index (Phi) is 6.13. The molecule has 3 nitrogen and oxygen atoms in total. The molecule has 0 bridgehead atoms. The van der Waals surface area contributed by atoms with Crippen molar-refractivity contribution in [1.82, 2.24) is 5.32 Å². The zero-order chi connectivity index (χ0) is 14.4. The molecule has 0 radical (unpaired) electrons. The van der Waals surface area contributed by atoms with Crippen LogP contribution in [0.5, 0.6) is 0 Å². The van der Waals surface area contributed by atoms with Crippen molar-refractivity contribution in [3.63, 3.8) is 0 Å². The molecule has 2 rings (SSSR count). The van der Waals surface area contributed by atoms with Gasteiger partial charge in [-0.1, -0.05) is 17.7 Å². The van der Waals surface area contributed by atoms with Gasteiger partial charge < -0.3 is 10.1 Å². The van der Waals surface area contributed by atoms with Crippen molar-refractivity contribution >= 4 is 29.3 Å². The smallest absolute Gasteiger partial charge is 0.230 e. The third-order valence-corrected chi connectivity index (χ3v) is 4.27. The highest BCUT2D eigenvalue weighted by atomic mass is 35.5. The molecule has 1 aromatic rings. The Hall–Kier alpha value is -0.780. The summed E-state index contributed by atoms with van der Waals surface area (Å²) in [6.07, 6.45) is 2.21. The van der Waals surface area contributed by atoms with Crippen molar-refractivity contribution in [2.24, 2.45) is 0 Å². The van der Waals surface area contributed by atoms with Gasteiger partial charge in [0.05, 0.1) is 11.9 Å². The number of amides is 1. The number of carbonyl (C=O) groups is 1. The maximum Gasteiger partial charge on any atom is 0.230 e. The van der Waals surface area contributed by atoms with Crippen molar-refractivity contribution in [3.8, 4) is 0 Å². The van der Waals surface area contributed by atoms with Crippen molar-refractivity contribution < 1.29 is 13.9 Å². The number of carbonyl (C=O) groups excluding carboxylic acids is 1. The van der Waals surface area contributed by atoms with E-state index in [0.29, 0.717) is 28.6 Å². The van der Waals surface area contributed by atoms with E-state index in [0.717, 1.165) is 19.4 Å². The van der Waals surface area contributed by atoms with Crippen LogP contribution in [-0.2, 0) is 15.3 Å². The van der Waals surface area contributed by atoms with Crippen LogP contribution in [0, 0.1) is 5.82 Å². The van der Waals surface area contributed by atoms with E-state index in [-0.39, 0.29) is 17.8 Å². The average Bonchev–Trinajstić information content (AvgIpc) is 2.92. The fourth-order valence-electron chi connectivity index (χ4n) is 1.98. The van der Waals surface area contributed by atoms with Crippen molar-refractivity contribution in [3.05, 3.63) is 34.6 Å². The Labute approximate surface area is 127 Å². The Balaban J connectivity index is 1.65. The first-order valence-corrected chi connectivity index (χ1v) is 8.08. The number of hydrogen-bond acceptors (Lipinski definition) is 3. The van der Waals surface area contributed by atoms with Gasteiger partial charge >= 0.3 is 0 Å². The monoisotopic (exact) mass is 317 g/mol. The lowest BCUT2D eigenvalue weighted by Crippen LogP contribution is -2.32. The Morgan fingerprint density at radius 1 is 1.55 bits per heavy atom. The maximum absolute atomic E-state index is 13.5. The van der Waals surface area contributed by atoms with Gasteiger partial charge in [0.1, 0.15) is 5.82 Å². The molecule has 1 heterocycles. The predicted octanol–water partition coefficient (Wildman–Crippen LogP) is 3.01. The van der Waals surface area contributed by atoms with Crippen LogP contribution in [0.2, 0.25) is 5.02 Å². The van der Waals surface area contributed by atoms with Crippen LogP contribution in [0.15, 0.2) is 18.2 Å². The second-order valence-electron chi connectivity index (χ2n) is 4.67. The summed E-state index contributed by atoms with van der Waals surface area (Å²) in [6.45, 7) is 1.35. The van der Waals surface area contributed by atoms with Gasteiger partial charge in [-0.25, -0.2) is 4.39 Å². The maximum atomic E-state index is 13.5. The van der Waals surface area contributed by atoms with Crippen LogP contribution in [0.4, 0.5) is 4.39 Å². The molecular weight excluding hydrogens is 301 g/mol. The zero-order valence-electron chi connectivity index (χ0n) is 11.0. The van der Waals surface area contributed by atoms with E-state index in [2.05, 4.69) is 5.32 Å². The highest BCUT2D eigenvalue weighted by Gasteiger charge is 2.16. The quantitative estimate of drug-likeness (QED) is 0.876. The number of nitrogens with one attached hydrogen (secondary N) is 1. The number of benzene rings is 1. The van der Waals surface area contributed by atoms with Crippen molar-refractivity contribution in [1.29, 1.82) is 0 Å². The standard InChI is InChI=1S/C14H17ClFNO2S/c15-11-4-3-10(13(16)6-11)8-20-9-14(18)17-7-12-2-1-5-19-12/h3-4,6,12H,1-2,5,7-9H2,(H,17,18)/t12-/m0/s1. The molecule has 6 heteroatoms. The third kappa shape index (κ3) is 4.96. The molecule has 0 spiro atoms. The molecule has 0 unspecified atom stereocenters. The lowest BCUT2D eigenvalue weighted by atomic mass is 10.2.